The number of fused-ring (bicyclic) bond motifs is 1. The van der Waals surface area contributed by atoms with E-state index in [1.165, 1.54) is 10.1 Å². The molecule has 0 aliphatic heterocycles. The second-order valence-corrected chi connectivity index (χ2v) is 7.01. The highest BCUT2D eigenvalue weighted by Crippen LogP contribution is 2.26. The summed E-state index contributed by atoms with van der Waals surface area (Å²) in [6, 6.07) is 17.1. The van der Waals surface area contributed by atoms with Gasteiger partial charge in [-0.15, -0.1) is 11.3 Å². The molecule has 5 nitrogen and oxygen atoms in total. The van der Waals surface area contributed by atoms with E-state index in [2.05, 4.69) is 28.4 Å². The van der Waals surface area contributed by atoms with Gasteiger partial charge in [0.2, 0.25) is 11.8 Å². The van der Waals surface area contributed by atoms with Crippen molar-refractivity contribution in [1.29, 1.82) is 0 Å². The number of nitrogens with two attached hydrogens (primary N) is 1. The second-order valence-electron chi connectivity index (χ2n) is 6.09. The van der Waals surface area contributed by atoms with Gasteiger partial charge in [0, 0.05) is 11.1 Å². The van der Waals surface area contributed by atoms with Gasteiger partial charge in [-0.3, -0.25) is 15.0 Å². The van der Waals surface area contributed by atoms with E-state index in [1.807, 2.05) is 42.5 Å². The van der Waals surface area contributed by atoms with E-state index in [0.717, 1.165) is 11.1 Å². The minimum Gasteiger partial charge on any atom is -0.368 e. The van der Waals surface area contributed by atoms with E-state index in [4.69, 9.17) is 5.73 Å². The molecule has 0 radical (unpaired) electrons. The Balaban J connectivity index is 1.51. The van der Waals surface area contributed by atoms with Gasteiger partial charge in [0.15, 0.2) is 0 Å². The summed E-state index contributed by atoms with van der Waals surface area (Å²) in [5.74, 6) is -0.669. The highest BCUT2D eigenvalue weighted by atomic mass is 32.1. The number of nitrogens with one attached hydrogen (secondary N) is 2. The van der Waals surface area contributed by atoms with Crippen LogP contribution in [-0.2, 0) is 22.4 Å². The third-order valence-corrected chi connectivity index (χ3v) is 5.21. The van der Waals surface area contributed by atoms with Gasteiger partial charge in [0.1, 0.15) is 6.04 Å². The van der Waals surface area contributed by atoms with Gasteiger partial charge in [-0.2, -0.15) is 0 Å². The maximum Gasteiger partial charge on any atom is 0.236 e. The normalized spacial score (nSPS) is 12.0. The van der Waals surface area contributed by atoms with Gasteiger partial charge in [-0.05, 0) is 40.8 Å². The number of hydrogen-bond acceptors (Lipinski definition) is 4. The highest BCUT2D eigenvalue weighted by Gasteiger charge is 2.16. The summed E-state index contributed by atoms with van der Waals surface area (Å²) in [4.78, 5) is 23.7. The molecule has 0 saturated carbocycles. The fraction of sp³-hybridized carbons (Fsp3) is 0.200. The van der Waals surface area contributed by atoms with Gasteiger partial charge in [0.25, 0.3) is 0 Å². The van der Waals surface area contributed by atoms with Crippen LogP contribution in [0.5, 0.6) is 0 Å². The lowest BCUT2D eigenvalue weighted by Gasteiger charge is -2.16. The summed E-state index contributed by atoms with van der Waals surface area (Å²) in [5, 5.41) is 3.28. The Bertz CT molecular complexity index is 892. The minimum absolute atomic E-state index is 0.167. The summed E-state index contributed by atoms with van der Waals surface area (Å²) in [6.45, 7) is 0. The third-order valence-electron chi connectivity index (χ3n) is 4.19. The Morgan fingerprint density at radius 3 is 2.54 bits per heavy atom. The molecule has 1 atom stereocenters. The molecule has 0 aliphatic carbocycles. The van der Waals surface area contributed by atoms with Crippen LogP contribution in [0.1, 0.15) is 17.5 Å². The lowest BCUT2D eigenvalue weighted by atomic mass is 10.1. The van der Waals surface area contributed by atoms with Gasteiger partial charge < -0.3 is 5.73 Å². The van der Waals surface area contributed by atoms with E-state index < -0.39 is 11.9 Å². The van der Waals surface area contributed by atoms with E-state index in [0.29, 0.717) is 19.3 Å². The van der Waals surface area contributed by atoms with Crippen LogP contribution >= 0.6 is 11.3 Å². The van der Waals surface area contributed by atoms with Crippen LogP contribution in [0.15, 0.2) is 60.0 Å². The predicted molar refractivity (Wildman–Crippen MR) is 105 cm³/mol. The standard InChI is InChI=1S/C20H21N3O2S/c21-20(25)17(12-14-6-2-1-3-7-14)22-23-19(24)11-10-15-13-26-18-9-5-4-8-16(15)18/h1-9,13,17,22H,10-12H2,(H2,21,25)(H,23,24)/t17-/m1/s1. The number of thiophene rings is 1. The van der Waals surface area contributed by atoms with E-state index in [1.54, 1.807) is 11.3 Å². The number of amides is 2. The Labute approximate surface area is 156 Å². The first kappa shape index (κ1) is 18.1. The zero-order valence-corrected chi connectivity index (χ0v) is 15.1. The molecular formula is C20H21N3O2S. The van der Waals surface area contributed by atoms with Crippen LogP contribution in [0.25, 0.3) is 10.1 Å². The lowest BCUT2D eigenvalue weighted by Crippen LogP contribution is -2.51. The molecule has 3 aromatic rings. The average molecular weight is 367 g/mol. The molecule has 0 bridgehead atoms. The molecule has 0 spiro atoms. The zero-order valence-electron chi connectivity index (χ0n) is 14.3. The first-order chi connectivity index (χ1) is 12.6. The van der Waals surface area contributed by atoms with Gasteiger partial charge >= 0.3 is 0 Å². The predicted octanol–water partition coefficient (Wildman–Crippen LogP) is 2.55. The molecule has 6 heteroatoms. The highest BCUT2D eigenvalue weighted by molar-refractivity contribution is 7.17. The Hall–Kier alpha value is -2.70. The molecule has 0 saturated heterocycles. The monoisotopic (exact) mass is 367 g/mol. The molecule has 2 amide bonds. The van der Waals surface area contributed by atoms with Crippen molar-refractivity contribution in [3.8, 4) is 0 Å². The fourth-order valence-electron chi connectivity index (χ4n) is 2.78. The number of hydrazine groups is 1. The smallest absolute Gasteiger partial charge is 0.236 e. The number of carbonyl (C=O) groups is 2. The molecule has 0 aliphatic rings. The maximum atomic E-state index is 12.1. The molecule has 134 valence electrons. The van der Waals surface area contributed by atoms with Crippen LogP contribution in [-0.4, -0.2) is 17.9 Å². The average Bonchev–Trinajstić information content (AvgIpc) is 3.07. The summed E-state index contributed by atoms with van der Waals surface area (Å²) < 4.78 is 1.22. The summed E-state index contributed by atoms with van der Waals surface area (Å²) >= 11 is 1.68. The molecule has 1 heterocycles. The Morgan fingerprint density at radius 2 is 1.77 bits per heavy atom. The number of rotatable bonds is 8. The largest absolute Gasteiger partial charge is 0.368 e. The molecule has 26 heavy (non-hydrogen) atoms. The quantitative estimate of drug-likeness (QED) is 0.535. The van der Waals surface area contributed by atoms with Gasteiger partial charge in [-0.25, -0.2) is 5.43 Å². The van der Waals surface area contributed by atoms with Crippen LogP contribution in [0.3, 0.4) is 0 Å². The number of primary amides is 1. The van der Waals surface area contributed by atoms with Crippen molar-refractivity contribution in [2.45, 2.75) is 25.3 Å². The van der Waals surface area contributed by atoms with Crippen molar-refractivity contribution in [1.82, 2.24) is 10.9 Å². The first-order valence-electron chi connectivity index (χ1n) is 8.46. The van der Waals surface area contributed by atoms with Crippen LogP contribution in [0.2, 0.25) is 0 Å². The number of carbonyl (C=O) groups excluding carboxylic acids is 2. The number of aryl methyl sites for hydroxylation is 1. The summed E-state index contributed by atoms with van der Waals surface area (Å²) in [7, 11) is 0. The first-order valence-corrected chi connectivity index (χ1v) is 9.34. The van der Waals surface area contributed by atoms with Crippen LogP contribution in [0, 0.1) is 0 Å². The van der Waals surface area contributed by atoms with Crippen molar-refractivity contribution in [3.63, 3.8) is 0 Å². The fourth-order valence-corrected chi connectivity index (χ4v) is 3.77. The SMILES string of the molecule is NC(=O)[C@@H](Cc1ccccc1)NNC(=O)CCc1csc2ccccc12. The van der Waals surface area contributed by atoms with E-state index in [9.17, 15) is 9.59 Å². The third kappa shape index (κ3) is 4.68. The molecule has 2 aromatic carbocycles. The molecule has 3 rings (SSSR count). The van der Waals surface area contributed by atoms with Gasteiger partial charge in [-0.1, -0.05) is 48.5 Å². The second kappa shape index (κ2) is 8.60. The van der Waals surface area contributed by atoms with Crippen LogP contribution in [0.4, 0.5) is 0 Å². The van der Waals surface area contributed by atoms with Crippen molar-refractivity contribution in [2.75, 3.05) is 0 Å². The zero-order chi connectivity index (χ0) is 18.4. The summed E-state index contributed by atoms with van der Waals surface area (Å²) in [5.41, 5.74) is 12.9. The summed E-state index contributed by atoms with van der Waals surface area (Å²) in [6.07, 6.45) is 1.41. The lowest BCUT2D eigenvalue weighted by molar-refractivity contribution is -0.123. The molecular weight excluding hydrogens is 346 g/mol. The number of hydrogen-bond donors (Lipinski definition) is 3. The van der Waals surface area contributed by atoms with E-state index >= 15 is 0 Å². The molecule has 4 N–H and O–H groups in total. The topological polar surface area (TPSA) is 84.2 Å². The molecule has 0 unspecified atom stereocenters. The Kier molecular flexibility index (Phi) is 5.99. The van der Waals surface area contributed by atoms with Crippen molar-refractivity contribution in [3.05, 3.63) is 71.1 Å². The van der Waals surface area contributed by atoms with Crippen molar-refractivity contribution in [2.24, 2.45) is 5.73 Å². The van der Waals surface area contributed by atoms with Crippen molar-refractivity contribution >= 4 is 33.2 Å². The number of benzene rings is 2. The molecule has 1 aromatic heterocycles. The maximum absolute atomic E-state index is 12.1. The van der Waals surface area contributed by atoms with Crippen molar-refractivity contribution < 1.29 is 9.59 Å². The minimum atomic E-state index is -0.650. The van der Waals surface area contributed by atoms with E-state index in [-0.39, 0.29) is 5.91 Å². The van der Waals surface area contributed by atoms with Gasteiger partial charge in [0.05, 0.1) is 0 Å². The Morgan fingerprint density at radius 1 is 1.04 bits per heavy atom. The molecule has 0 fully saturated rings. The van der Waals surface area contributed by atoms with Crippen LogP contribution < -0.4 is 16.6 Å².